The average molecular weight is 271 g/mol. The summed E-state index contributed by atoms with van der Waals surface area (Å²) in [6.45, 7) is 0. The molecule has 0 saturated carbocycles. The SMILES string of the molecule is Cn1cc(-c2ccncc2)c(-c2cc(F)cc(F)c2)n1. The van der Waals surface area contributed by atoms with E-state index in [2.05, 4.69) is 10.1 Å². The van der Waals surface area contributed by atoms with Gasteiger partial charge in [0.2, 0.25) is 0 Å². The van der Waals surface area contributed by atoms with Crippen LogP contribution in [-0.2, 0) is 7.05 Å². The number of hydrogen-bond acceptors (Lipinski definition) is 2. The molecule has 3 aromatic rings. The molecule has 0 N–H and O–H groups in total. The lowest BCUT2D eigenvalue weighted by Gasteiger charge is -2.03. The van der Waals surface area contributed by atoms with Gasteiger partial charge < -0.3 is 0 Å². The summed E-state index contributed by atoms with van der Waals surface area (Å²) < 4.78 is 28.4. The Labute approximate surface area is 114 Å². The van der Waals surface area contributed by atoms with E-state index in [0.717, 1.165) is 17.2 Å². The van der Waals surface area contributed by atoms with Crippen LogP contribution in [0.3, 0.4) is 0 Å². The predicted octanol–water partition coefficient (Wildman–Crippen LogP) is 3.43. The molecule has 0 aliphatic heterocycles. The van der Waals surface area contributed by atoms with Crippen molar-refractivity contribution >= 4 is 0 Å². The number of nitrogens with zero attached hydrogens (tertiary/aromatic N) is 3. The Morgan fingerprint density at radius 1 is 0.950 bits per heavy atom. The van der Waals surface area contributed by atoms with Crippen molar-refractivity contribution in [1.29, 1.82) is 0 Å². The third kappa shape index (κ3) is 2.30. The molecule has 0 aliphatic rings. The van der Waals surface area contributed by atoms with Crippen molar-refractivity contribution in [3.05, 3.63) is 60.6 Å². The Balaban J connectivity index is 2.19. The molecule has 0 fully saturated rings. The third-order valence-corrected chi connectivity index (χ3v) is 2.96. The summed E-state index contributed by atoms with van der Waals surface area (Å²) in [6.07, 6.45) is 5.14. The van der Waals surface area contributed by atoms with E-state index in [1.54, 1.807) is 24.1 Å². The van der Waals surface area contributed by atoms with Gasteiger partial charge >= 0.3 is 0 Å². The van der Waals surface area contributed by atoms with Gasteiger partial charge in [0.05, 0.1) is 0 Å². The zero-order valence-corrected chi connectivity index (χ0v) is 10.7. The molecule has 0 spiro atoms. The molecule has 2 aromatic heterocycles. The molecule has 0 radical (unpaired) electrons. The maximum atomic E-state index is 13.4. The van der Waals surface area contributed by atoms with Crippen LogP contribution in [0.15, 0.2) is 48.9 Å². The molecule has 3 nitrogen and oxygen atoms in total. The summed E-state index contributed by atoms with van der Waals surface area (Å²) in [5, 5.41) is 4.30. The fraction of sp³-hybridized carbons (Fsp3) is 0.0667. The minimum atomic E-state index is -0.619. The van der Waals surface area contributed by atoms with Crippen molar-refractivity contribution in [2.75, 3.05) is 0 Å². The van der Waals surface area contributed by atoms with Crippen LogP contribution < -0.4 is 0 Å². The summed E-state index contributed by atoms with van der Waals surface area (Å²) in [5.74, 6) is -1.24. The monoisotopic (exact) mass is 271 g/mol. The molecule has 3 rings (SSSR count). The number of benzene rings is 1. The molecule has 5 heteroatoms. The summed E-state index contributed by atoms with van der Waals surface area (Å²) in [7, 11) is 1.77. The van der Waals surface area contributed by atoms with Crippen molar-refractivity contribution in [3.8, 4) is 22.4 Å². The summed E-state index contributed by atoms with van der Waals surface area (Å²) >= 11 is 0. The molecule has 0 atom stereocenters. The van der Waals surface area contributed by atoms with Gasteiger partial charge in [0.25, 0.3) is 0 Å². The Morgan fingerprint density at radius 3 is 2.25 bits per heavy atom. The van der Waals surface area contributed by atoms with Crippen molar-refractivity contribution in [3.63, 3.8) is 0 Å². The second-order valence-electron chi connectivity index (χ2n) is 4.46. The molecule has 0 amide bonds. The van der Waals surface area contributed by atoms with Gasteiger partial charge in [-0.25, -0.2) is 8.78 Å². The zero-order valence-electron chi connectivity index (χ0n) is 10.7. The second-order valence-corrected chi connectivity index (χ2v) is 4.46. The van der Waals surface area contributed by atoms with Gasteiger partial charge in [0.15, 0.2) is 0 Å². The molecular formula is C15H11F2N3. The van der Waals surface area contributed by atoms with Crippen LogP contribution in [0.4, 0.5) is 8.78 Å². The Morgan fingerprint density at radius 2 is 1.60 bits per heavy atom. The second kappa shape index (κ2) is 4.85. The van der Waals surface area contributed by atoms with E-state index in [1.807, 2.05) is 18.3 Å². The first kappa shape index (κ1) is 12.5. The van der Waals surface area contributed by atoms with Crippen LogP contribution in [0, 0.1) is 11.6 Å². The maximum Gasteiger partial charge on any atom is 0.126 e. The fourth-order valence-corrected chi connectivity index (χ4v) is 2.13. The maximum absolute atomic E-state index is 13.4. The molecule has 20 heavy (non-hydrogen) atoms. The van der Waals surface area contributed by atoms with E-state index < -0.39 is 11.6 Å². The predicted molar refractivity (Wildman–Crippen MR) is 71.8 cm³/mol. The van der Waals surface area contributed by atoms with Crippen molar-refractivity contribution in [2.45, 2.75) is 0 Å². The van der Waals surface area contributed by atoms with Crippen LogP contribution in [0.2, 0.25) is 0 Å². The molecule has 100 valence electrons. The first-order valence-electron chi connectivity index (χ1n) is 6.04. The average Bonchev–Trinajstić information content (AvgIpc) is 2.81. The molecule has 0 saturated heterocycles. The molecule has 0 unspecified atom stereocenters. The number of hydrogen-bond donors (Lipinski definition) is 0. The lowest BCUT2D eigenvalue weighted by molar-refractivity contribution is 0.584. The van der Waals surface area contributed by atoms with Gasteiger partial charge in [-0.3, -0.25) is 9.67 Å². The highest BCUT2D eigenvalue weighted by molar-refractivity contribution is 5.80. The number of aryl methyl sites for hydroxylation is 1. The van der Waals surface area contributed by atoms with Gasteiger partial charge in [-0.15, -0.1) is 0 Å². The highest BCUT2D eigenvalue weighted by atomic mass is 19.1. The largest absolute Gasteiger partial charge is 0.275 e. The number of aromatic nitrogens is 3. The highest BCUT2D eigenvalue weighted by Crippen LogP contribution is 2.31. The topological polar surface area (TPSA) is 30.7 Å². The molecule has 1 aromatic carbocycles. The minimum Gasteiger partial charge on any atom is -0.275 e. The first-order valence-corrected chi connectivity index (χ1v) is 6.04. The van der Waals surface area contributed by atoms with Gasteiger partial charge in [-0.1, -0.05) is 0 Å². The van der Waals surface area contributed by atoms with Crippen LogP contribution in [0.5, 0.6) is 0 Å². The standard InChI is InChI=1S/C15H11F2N3/c1-20-9-14(10-2-4-18-5-3-10)15(19-20)11-6-12(16)8-13(17)7-11/h2-9H,1H3. The van der Waals surface area contributed by atoms with Crippen molar-refractivity contribution < 1.29 is 8.78 Å². The van der Waals surface area contributed by atoms with E-state index in [-0.39, 0.29) is 0 Å². The van der Waals surface area contributed by atoms with Gasteiger partial charge in [-0.2, -0.15) is 5.10 Å². The molecule has 0 bridgehead atoms. The Kier molecular flexibility index (Phi) is 3.02. The number of rotatable bonds is 2. The quantitative estimate of drug-likeness (QED) is 0.715. The Hall–Kier alpha value is -2.56. The van der Waals surface area contributed by atoms with E-state index in [4.69, 9.17) is 0 Å². The number of pyridine rings is 1. The minimum absolute atomic E-state index is 0.412. The normalized spacial score (nSPS) is 10.8. The molecule has 2 heterocycles. The summed E-state index contributed by atoms with van der Waals surface area (Å²) in [4.78, 5) is 3.96. The van der Waals surface area contributed by atoms with E-state index in [9.17, 15) is 8.78 Å². The van der Waals surface area contributed by atoms with Gasteiger partial charge in [0, 0.05) is 42.8 Å². The Bertz CT molecular complexity index is 731. The summed E-state index contributed by atoms with van der Waals surface area (Å²) in [6, 6.07) is 7.05. The van der Waals surface area contributed by atoms with Gasteiger partial charge in [0.1, 0.15) is 17.3 Å². The molecular weight excluding hydrogens is 260 g/mol. The van der Waals surface area contributed by atoms with Crippen LogP contribution in [0.1, 0.15) is 0 Å². The van der Waals surface area contributed by atoms with Crippen molar-refractivity contribution in [2.24, 2.45) is 7.05 Å². The van der Waals surface area contributed by atoms with Crippen LogP contribution in [0.25, 0.3) is 22.4 Å². The van der Waals surface area contributed by atoms with Crippen LogP contribution >= 0.6 is 0 Å². The lowest BCUT2D eigenvalue weighted by Crippen LogP contribution is -1.90. The van der Waals surface area contributed by atoms with E-state index in [1.165, 1.54) is 12.1 Å². The zero-order chi connectivity index (χ0) is 14.1. The fourth-order valence-electron chi connectivity index (χ4n) is 2.13. The van der Waals surface area contributed by atoms with E-state index in [0.29, 0.717) is 11.3 Å². The molecule has 0 aliphatic carbocycles. The lowest BCUT2D eigenvalue weighted by atomic mass is 10.0. The van der Waals surface area contributed by atoms with Crippen LogP contribution in [-0.4, -0.2) is 14.8 Å². The van der Waals surface area contributed by atoms with Gasteiger partial charge in [-0.05, 0) is 29.8 Å². The van der Waals surface area contributed by atoms with E-state index >= 15 is 0 Å². The smallest absolute Gasteiger partial charge is 0.126 e. The number of halogens is 2. The summed E-state index contributed by atoms with van der Waals surface area (Å²) in [5.41, 5.74) is 2.65. The van der Waals surface area contributed by atoms with Crippen molar-refractivity contribution in [1.82, 2.24) is 14.8 Å². The first-order chi connectivity index (χ1) is 9.63. The highest BCUT2D eigenvalue weighted by Gasteiger charge is 2.13. The third-order valence-electron chi connectivity index (χ3n) is 2.96.